The van der Waals surface area contributed by atoms with Gasteiger partial charge in [0.1, 0.15) is 22.2 Å². The van der Waals surface area contributed by atoms with E-state index in [2.05, 4.69) is 20.3 Å². The van der Waals surface area contributed by atoms with E-state index in [1.54, 1.807) is 6.07 Å². The molecule has 3 heterocycles. The van der Waals surface area contributed by atoms with E-state index < -0.39 is 0 Å². The molecule has 25 heavy (non-hydrogen) atoms. The van der Waals surface area contributed by atoms with Crippen LogP contribution in [0.2, 0.25) is 10.3 Å². The van der Waals surface area contributed by atoms with Gasteiger partial charge in [-0.15, -0.1) is 0 Å². The number of nitrogens with zero attached hydrogens (tertiary/aromatic N) is 2. The molecular formula is C17H14Cl2N4O2. The molecule has 0 radical (unpaired) electrons. The molecule has 1 aromatic carbocycles. The van der Waals surface area contributed by atoms with Crippen LogP contribution in [0.1, 0.15) is 35.1 Å². The van der Waals surface area contributed by atoms with Gasteiger partial charge in [-0.1, -0.05) is 23.2 Å². The van der Waals surface area contributed by atoms with Crippen molar-refractivity contribution in [1.82, 2.24) is 15.0 Å². The Morgan fingerprint density at radius 1 is 1.24 bits per heavy atom. The Morgan fingerprint density at radius 2 is 2.12 bits per heavy atom. The summed E-state index contributed by atoms with van der Waals surface area (Å²) in [4.78, 5) is 24.1. The number of rotatable bonds is 3. The molecule has 1 fully saturated rings. The topological polar surface area (TPSA) is 79.9 Å². The molecule has 1 unspecified atom stereocenters. The summed E-state index contributed by atoms with van der Waals surface area (Å²) >= 11 is 11.7. The van der Waals surface area contributed by atoms with Crippen LogP contribution in [0.5, 0.6) is 0 Å². The number of ether oxygens (including phenoxy) is 1. The van der Waals surface area contributed by atoms with Crippen LogP contribution in [-0.4, -0.2) is 27.5 Å². The Bertz CT molecular complexity index is 951. The average Bonchev–Trinajstić information content (AvgIpc) is 3.23. The van der Waals surface area contributed by atoms with E-state index in [1.807, 2.05) is 12.1 Å². The first kappa shape index (κ1) is 16.3. The molecule has 128 valence electrons. The number of H-pyrrole nitrogens is 1. The molecule has 1 aliphatic rings. The molecule has 2 N–H and O–H groups in total. The second kappa shape index (κ2) is 6.63. The van der Waals surface area contributed by atoms with Gasteiger partial charge >= 0.3 is 0 Å². The van der Waals surface area contributed by atoms with Crippen LogP contribution < -0.4 is 5.32 Å². The summed E-state index contributed by atoms with van der Waals surface area (Å²) < 4.78 is 5.65. The van der Waals surface area contributed by atoms with Gasteiger partial charge in [-0.05, 0) is 43.2 Å². The molecule has 6 nitrogen and oxygen atoms in total. The number of aromatic amines is 1. The van der Waals surface area contributed by atoms with Crippen LogP contribution in [0.15, 0.2) is 30.3 Å². The zero-order valence-corrected chi connectivity index (χ0v) is 14.6. The van der Waals surface area contributed by atoms with Crippen molar-refractivity contribution in [3.63, 3.8) is 0 Å². The summed E-state index contributed by atoms with van der Waals surface area (Å²) in [6.07, 6.45) is 2.02. The average molecular weight is 377 g/mol. The Balaban J connectivity index is 1.57. The largest absolute Gasteiger partial charge is 0.370 e. The van der Waals surface area contributed by atoms with Crippen molar-refractivity contribution in [2.24, 2.45) is 0 Å². The first-order valence-electron chi connectivity index (χ1n) is 7.85. The maximum Gasteiger partial charge on any atom is 0.258 e. The minimum atomic E-state index is -0.354. The highest BCUT2D eigenvalue weighted by Gasteiger charge is 2.21. The van der Waals surface area contributed by atoms with Gasteiger partial charge in [-0.25, -0.2) is 9.97 Å². The summed E-state index contributed by atoms with van der Waals surface area (Å²) in [7, 11) is 0. The maximum atomic E-state index is 12.4. The van der Waals surface area contributed by atoms with Crippen molar-refractivity contribution < 1.29 is 9.53 Å². The van der Waals surface area contributed by atoms with E-state index in [-0.39, 0.29) is 27.9 Å². The summed E-state index contributed by atoms with van der Waals surface area (Å²) in [5.41, 5.74) is 2.56. The number of amides is 1. The van der Waals surface area contributed by atoms with Gasteiger partial charge in [0.2, 0.25) is 0 Å². The van der Waals surface area contributed by atoms with Crippen molar-refractivity contribution in [2.75, 3.05) is 11.9 Å². The van der Waals surface area contributed by atoms with Gasteiger partial charge in [-0.3, -0.25) is 4.79 Å². The molecule has 1 amide bonds. The molecule has 0 saturated carbocycles. The molecule has 0 spiro atoms. The zero-order valence-electron chi connectivity index (χ0n) is 13.1. The third kappa shape index (κ3) is 3.33. The molecule has 0 bridgehead atoms. The quantitative estimate of drug-likeness (QED) is 0.665. The number of aromatic nitrogens is 3. The highest BCUT2D eigenvalue weighted by Crippen LogP contribution is 2.29. The summed E-state index contributed by atoms with van der Waals surface area (Å²) in [6, 6.07) is 8.53. The molecule has 1 aliphatic heterocycles. The zero-order chi connectivity index (χ0) is 17.4. The number of anilines is 1. The second-order valence-electron chi connectivity index (χ2n) is 5.78. The maximum absolute atomic E-state index is 12.4. The van der Waals surface area contributed by atoms with Crippen molar-refractivity contribution in [1.29, 1.82) is 0 Å². The third-order valence-corrected chi connectivity index (χ3v) is 4.55. The van der Waals surface area contributed by atoms with E-state index in [1.165, 1.54) is 12.1 Å². The van der Waals surface area contributed by atoms with E-state index in [0.717, 1.165) is 36.3 Å². The van der Waals surface area contributed by atoms with Crippen LogP contribution in [-0.2, 0) is 4.74 Å². The smallest absolute Gasteiger partial charge is 0.258 e. The minimum absolute atomic E-state index is 0.0180. The highest BCUT2D eigenvalue weighted by atomic mass is 35.5. The van der Waals surface area contributed by atoms with E-state index in [4.69, 9.17) is 27.9 Å². The fourth-order valence-corrected chi connectivity index (χ4v) is 3.26. The number of nitrogens with one attached hydrogen (secondary N) is 2. The predicted molar refractivity (Wildman–Crippen MR) is 96.2 cm³/mol. The first-order valence-corrected chi connectivity index (χ1v) is 8.60. The second-order valence-corrected chi connectivity index (χ2v) is 6.53. The van der Waals surface area contributed by atoms with Gasteiger partial charge in [0.25, 0.3) is 5.91 Å². The lowest BCUT2D eigenvalue weighted by molar-refractivity contribution is 0.102. The van der Waals surface area contributed by atoms with Crippen LogP contribution in [0.3, 0.4) is 0 Å². The lowest BCUT2D eigenvalue weighted by Crippen LogP contribution is -2.12. The summed E-state index contributed by atoms with van der Waals surface area (Å²) in [5.74, 6) is 0.466. The van der Waals surface area contributed by atoms with Gasteiger partial charge < -0.3 is 15.0 Å². The predicted octanol–water partition coefficient (Wildman–Crippen LogP) is 4.37. The fourth-order valence-electron chi connectivity index (χ4n) is 2.83. The number of halogens is 2. The highest BCUT2D eigenvalue weighted by molar-refractivity contribution is 6.35. The molecule has 0 aliphatic carbocycles. The van der Waals surface area contributed by atoms with Crippen molar-refractivity contribution in [2.45, 2.75) is 18.9 Å². The molecule has 3 aromatic rings. The number of fused-ring (bicyclic) bond motifs is 1. The van der Waals surface area contributed by atoms with E-state index >= 15 is 0 Å². The van der Waals surface area contributed by atoms with E-state index in [0.29, 0.717) is 5.69 Å². The van der Waals surface area contributed by atoms with Gasteiger partial charge in [0, 0.05) is 12.3 Å². The van der Waals surface area contributed by atoms with Crippen molar-refractivity contribution in [3.8, 4) is 0 Å². The minimum Gasteiger partial charge on any atom is -0.370 e. The fraction of sp³-hybridized carbons (Fsp3) is 0.235. The van der Waals surface area contributed by atoms with Crippen LogP contribution >= 0.6 is 23.2 Å². The number of carbonyl (C=O) groups is 1. The van der Waals surface area contributed by atoms with Crippen molar-refractivity contribution in [3.05, 3.63) is 52.0 Å². The molecule has 1 atom stereocenters. The van der Waals surface area contributed by atoms with Gasteiger partial charge in [0.15, 0.2) is 0 Å². The number of hydrogen-bond acceptors (Lipinski definition) is 4. The molecule has 1 saturated heterocycles. The van der Waals surface area contributed by atoms with Crippen molar-refractivity contribution >= 4 is 45.8 Å². The van der Waals surface area contributed by atoms with Gasteiger partial charge in [-0.2, -0.15) is 0 Å². The van der Waals surface area contributed by atoms with Crippen LogP contribution in [0.25, 0.3) is 11.0 Å². The number of imidazole rings is 1. The van der Waals surface area contributed by atoms with Crippen LogP contribution in [0, 0.1) is 0 Å². The number of benzene rings is 1. The molecule has 2 aromatic heterocycles. The number of hydrogen-bond donors (Lipinski definition) is 2. The lowest BCUT2D eigenvalue weighted by atomic mass is 10.2. The Kier molecular flexibility index (Phi) is 4.33. The monoisotopic (exact) mass is 376 g/mol. The molecular weight excluding hydrogens is 363 g/mol. The summed E-state index contributed by atoms with van der Waals surface area (Å²) in [6.45, 7) is 0.763. The standard InChI is InChI=1S/C17H14Cl2N4O2/c18-14-6-4-10(15(19)23-14)17(24)20-9-3-5-11-12(8-9)22-16(21-11)13-2-1-7-25-13/h3-6,8,13H,1-2,7H2,(H,20,24)(H,21,22). The SMILES string of the molecule is O=C(Nc1ccc2nc(C3CCCO3)[nH]c2c1)c1ccc(Cl)nc1Cl. The van der Waals surface area contributed by atoms with Crippen LogP contribution in [0.4, 0.5) is 5.69 Å². The Hall–Kier alpha value is -2.15. The lowest BCUT2D eigenvalue weighted by Gasteiger charge is -2.06. The number of pyridine rings is 1. The third-order valence-electron chi connectivity index (χ3n) is 4.05. The summed E-state index contributed by atoms with van der Waals surface area (Å²) in [5, 5.41) is 3.11. The van der Waals surface area contributed by atoms with E-state index in [9.17, 15) is 4.79 Å². The van der Waals surface area contributed by atoms with Gasteiger partial charge in [0.05, 0.1) is 16.6 Å². The Labute approximate surface area is 153 Å². The molecule has 8 heteroatoms. The normalized spacial score (nSPS) is 17.1. The first-order chi connectivity index (χ1) is 12.1. The number of carbonyl (C=O) groups excluding carboxylic acids is 1. The molecule has 4 rings (SSSR count). The Morgan fingerprint density at radius 3 is 2.88 bits per heavy atom.